The summed E-state index contributed by atoms with van der Waals surface area (Å²) in [6, 6.07) is 2.88. The summed E-state index contributed by atoms with van der Waals surface area (Å²) in [4.78, 5) is 22.3. The largest absolute Gasteiger partial charge is 0.480 e. The lowest BCUT2D eigenvalue weighted by Gasteiger charge is -2.12. The lowest BCUT2D eigenvalue weighted by Crippen LogP contribution is -2.42. The molecule has 4 nitrogen and oxygen atoms in total. The van der Waals surface area contributed by atoms with Crippen LogP contribution in [-0.2, 0) is 4.79 Å². The zero-order valence-electron chi connectivity index (χ0n) is 9.11. The van der Waals surface area contributed by atoms with E-state index in [0.29, 0.717) is 5.56 Å². The number of halogens is 1. The molecule has 0 aliphatic heterocycles. The van der Waals surface area contributed by atoms with Crippen LogP contribution in [0.15, 0.2) is 18.2 Å². The van der Waals surface area contributed by atoms with Crippen LogP contribution in [0.25, 0.3) is 0 Å². The summed E-state index contributed by atoms with van der Waals surface area (Å²) in [5.41, 5.74) is 0.506. The van der Waals surface area contributed by atoms with Gasteiger partial charge in [0.25, 0.3) is 5.91 Å². The number of carbonyl (C=O) groups excluding carboxylic acids is 1. The Labute approximate surface area is 103 Å². The number of rotatable bonds is 4. The van der Waals surface area contributed by atoms with Crippen LogP contribution in [0.4, 0.5) is 4.39 Å². The van der Waals surface area contributed by atoms with Gasteiger partial charge in [-0.15, -0.1) is 0 Å². The summed E-state index contributed by atoms with van der Waals surface area (Å²) in [6.45, 7) is 1.57. The van der Waals surface area contributed by atoms with Crippen LogP contribution in [0, 0.1) is 12.7 Å². The van der Waals surface area contributed by atoms with Crippen molar-refractivity contribution in [3.63, 3.8) is 0 Å². The van der Waals surface area contributed by atoms with E-state index in [1.807, 2.05) is 0 Å². The van der Waals surface area contributed by atoms with E-state index in [1.165, 1.54) is 12.1 Å². The number of hydrogen-bond donors (Lipinski definition) is 3. The van der Waals surface area contributed by atoms with Gasteiger partial charge in [-0.2, -0.15) is 12.6 Å². The standard InChI is InChI=1S/C11H12FNO3S/c1-6-2-3-7(4-8(6)12)10(14)13-9(5-17)11(15)16/h2-4,9,17H,5H2,1H3,(H,13,14)(H,15,16). The predicted molar refractivity (Wildman–Crippen MR) is 63.9 cm³/mol. The SMILES string of the molecule is Cc1ccc(C(=O)NC(CS)C(=O)O)cc1F. The second kappa shape index (κ2) is 5.67. The van der Waals surface area contributed by atoms with Gasteiger partial charge in [-0.1, -0.05) is 6.07 Å². The molecule has 0 aliphatic rings. The number of hydrogen-bond acceptors (Lipinski definition) is 3. The van der Waals surface area contributed by atoms with Gasteiger partial charge >= 0.3 is 5.97 Å². The second-order valence-corrected chi connectivity index (χ2v) is 3.88. The average molecular weight is 257 g/mol. The Kier molecular flexibility index (Phi) is 4.51. The van der Waals surface area contributed by atoms with Crippen molar-refractivity contribution < 1.29 is 19.1 Å². The molecule has 1 amide bonds. The molecule has 0 fully saturated rings. The molecule has 0 saturated heterocycles. The van der Waals surface area contributed by atoms with Gasteiger partial charge in [-0.05, 0) is 24.6 Å². The van der Waals surface area contributed by atoms with Crippen LogP contribution >= 0.6 is 12.6 Å². The highest BCUT2D eigenvalue weighted by Crippen LogP contribution is 2.09. The summed E-state index contributed by atoms with van der Waals surface area (Å²) in [7, 11) is 0. The summed E-state index contributed by atoms with van der Waals surface area (Å²) >= 11 is 3.81. The van der Waals surface area contributed by atoms with Crippen LogP contribution < -0.4 is 5.32 Å². The molecule has 2 N–H and O–H groups in total. The van der Waals surface area contributed by atoms with Crippen molar-refractivity contribution in [3.05, 3.63) is 35.1 Å². The number of carboxylic acid groups (broad SMARTS) is 1. The summed E-state index contributed by atoms with van der Waals surface area (Å²) in [6.07, 6.45) is 0. The molecule has 6 heteroatoms. The molecule has 1 unspecified atom stereocenters. The number of carbonyl (C=O) groups is 2. The molecule has 0 bridgehead atoms. The van der Waals surface area contributed by atoms with Gasteiger partial charge in [0.15, 0.2) is 0 Å². The third kappa shape index (κ3) is 3.45. The zero-order valence-corrected chi connectivity index (χ0v) is 10.00. The number of nitrogens with one attached hydrogen (secondary N) is 1. The van der Waals surface area contributed by atoms with Crippen molar-refractivity contribution in [2.45, 2.75) is 13.0 Å². The highest BCUT2D eigenvalue weighted by atomic mass is 32.1. The van der Waals surface area contributed by atoms with Gasteiger partial charge in [0.2, 0.25) is 0 Å². The molecule has 17 heavy (non-hydrogen) atoms. The van der Waals surface area contributed by atoms with Crippen molar-refractivity contribution in [2.24, 2.45) is 0 Å². The second-order valence-electron chi connectivity index (χ2n) is 3.51. The van der Waals surface area contributed by atoms with Crippen molar-refractivity contribution >= 4 is 24.5 Å². The minimum absolute atomic E-state index is 0.0323. The van der Waals surface area contributed by atoms with Gasteiger partial charge in [0.05, 0.1) is 0 Å². The number of amides is 1. The van der Waals surface area contributed by atoms with Gasteiger partial charge in [0.1, 0.15) is 11.9 Å². The molecule has 0 aliphatic carbocycles. The first-order valence-electron chi connectivity index (χ1n) is 4.86. The third-order valence-corrected chi connectivity index (χ3v) is 2.59. The van der Waals surface area contributed by atoms with Crippen LogP contribution in [0.5, 0.6) is 0 Å². The number of aliphatic carboxylic acids is 1. The number of aryl methyl sites for hydroxylation is 1. The lowest BCUT2D eigenvalue weighted by molar-refractivity contribution is -0.138. The van der Waals surface area contributed by atoms with Crippen LogP contribution in [0.3, 0.4) is 0 Å². The molecule has 1 atom stereocenters. The zero-order chi connectivity index (χ0) is 13.0. The van der Waals surface area contributed by atoms with E-state index >= 15 is 0 Å². The molecule has 0 aromatic heterocycles. The van der Waals surface area contributed by atoms with Gasteiger partial charge in [-0.3, -0.25) is 4.79 Å². The maximum Gasteiger partial charge on any atom is 0.327 e. The summed E-state index contributed by atoms with van der Waals surface area (Å²) < 4.78 is 13.2. The highest BCUT2D eigenvalue weighted by molar-refractivity contribution is 7.80. The molecule has 1 rings (SSSR count). The number of carboxylic acids is 1. The first-order chi connectivity index (χ1) is 7.95. The van der Waals surface area contributed by atoms with E-state index in [1.54, 1.807) is 6.92 Å². The highest BCUT2D eigenvalue weighted by Gasteiger charge is 2.19. The fraction of sp³-hybridized carbons (Fsp3) is 0.273. The minimum Gasteiger partial charge on any atom is -0.480 e. The molecular weight excluding hydrogens is 245 g/mol. The molecule has 1 aromatic carbocycles. The smallest absolute Gasteiger partial charge is 0.327 e. The van der Waals surface area contributed by atoms with Gasteiger partial charge in [-0.25, -0.2) is 9.18 Å². The van der Waals surface area contributed by atoms with Crippen LogP contribution in [-0.4, -0.2) is 28.8 Å². The molecule has 0 spiro atoms. The lowest BCUT2D eigenvalue weighted by atomic mass is 10.1. The Balaban J connectivity index is 2.82. The van der Waals surface area contributed by atoms with Gasteiger partial charge in [0, 0.05) is 11.3 Å². The molecule has 0 radical (unpaired) electrons. The Bertz CT molecular complexity index is 450. The van der Waals surface area contributed by atoms with Crippen molar-refractivity contribution in [2.75, 3.05) is 5.75 Å². The van der Waals surface area contributed by atoms with Crippen molar-refractivity contribution in [1.82, 2.24) is 5.32 Å². The third-order valence-electron chi connectivity index (χ3n) is 2.22. The summed E-state index contributed by atoms with van der Waals surface area (Å²) in [5.74, 6) is -2.35. The van der Waals surface area contributed by atoms with E-state index in [9.17, 15) is 14.0 Å². The fourth-order valence-corrected chi connectivity index (χ4v) is 1.41. The van der Waals surface area contributed by atoms with Crippen molar-refractivity contribution in [1.29, 1.82) is 0 Å². The van der Waals surface area contributed by atoms with Crippen molar-refractivity contribution in [3.8, 4) is 0 Å². The molecule has 92 valence electrons. The Morgan fingerprint density at radius 1 is 1.53 bits per heavy atom. The van der Waals surface area contributed by atoms with E-state index in [0.717, 1.165) is 6.07 Å². The fourth-order valence-electron chi connectivity index (χ4n) is 1.16. The quantitative estimate of drug-likeness (QED) is 0.711. The topological polar surface area (TPSA) is 66.4 Å². The first-order valence-corrected chi connectivity index (χ1v) is 5.49. The Morgan fingerprint density at radius 2 is 2.18 bits per heavy atom. The van der Waals surface area contributed by atoms with Crippen LogP contribution in [0.2, 0.25) is 0 Å². The van der Waals surface area contributed by atoms with E-state index in [4.69, 9.17) is 5.11 Å². The maximum absolute atomic E-state index is 13.2. The van der Waals surface area contributed by atoms with E-state index in [-0.39, 0.29) is 11.3 Å². The molecule has 0 heterocycles. The van der Waals surface area contributed by atoms with Crippen LogP contribution in [0.1, 0.15) is 15.9 Å². The van der Waals surface area contributed by atoms with E-state index in [2.05, 4.69) is 17.9 Å². The predicted octanol–water partition coefficient (Wildman–Crippen LogP) is 1.25. The number of benzene rings is 1. The normalized spacial score (nSPS) is 11.9. The first kappa shape index (κ1) is 13.5. The monoisotopic (exact) mass is 257 g/mol. The summed E-state index contributed by atoms with van der Waals surface area (Å²) in [5, 5.41) is 11.0. The molecule has 1 aromatic rings. The minimum atomic E-state index is -1.18. The van der Waals surface area contributed by atoms with Gasteiger partial charge < -0.3 is 10.4 Å². The number of thiol groups is 1. The van der Waals surface area contributed by atoms with E-state index < -0.39 is 23.7 Å². The maximum atomic E-state index is 13.2. The Morgan fingerprint density at radius 3 is 2.65 bits per heavy atom. The Hall–Kier alpha value is -1.56. The average Bonchev–Trinajstić information content (AvgIpc) is 2.28. The molecule has 0 saturated carbocycles. The molecular formula is C11H12FNO3S.